The zero-order chi connectivity index (χ0) is 15.1. The van der Waals surface area contributed by atoms with Gasteiger partial charge in [-0.1, -0.05) is 12.1 Å². The standard InChI is InChI=1S/C17H21N3O/c1-13-6-7-15(11-14(13)2)19-10-8-17(21)20-12-16-5-3-4-9-18-16/h3-7,9,11,19H,8,10,12H2,1-2H3,(H,20,21). The number of benzene rings is 1. The Balaban J connectivity index is 1.70. The third kappa shape index (κ3) is 4.91. The number of rotatable bonds is 6. The normalized spacial score (nSPS) is 10.2. The van der Waals surface area contributed by atoms with Gasteiger partial charge in [-0.15, -0.1) is 0 Å². The van der Waals surface area contributed by atoms with Gasteiger partial charge >= 0.3 is 0 Å². The second-order valence-corrected chi connectivity index (χ2v) is 5.07. The number of carbonyl (C=O) groups is 1. The van der Waals surface area contributed by atoms with Crippen molar-refractivity contribution >= 4 is 11.6 Å². The molecular weight excluding hydrogens is 262 g/mol. The predicted octanol–water partition coefficient (Wildman–Crippen LogP) is 2.82. The first kappa shape index (κ1) is 15.0. The van der Waals surface area contributed by atoms with Crippen molar-refractivity contribution in [1.29, 1.82) is 0 Å². The van der Waals surface area contributed by atoms with E-state index in [9.17, 15) is 4.79 Å². The number of hydrogen-bond donors (Lipinski definition) is 2. The fourth-order valence-electron chi connectivity index (χ4n) is 1.95. The number of aromatic nitrogens is 1. The molecular formula is C17H21N3O. The van der Waals surface area contributed by atoms with Crippen LogP contribution in [0, 0.1) is 13.8 Å². The van der Waals surface area contributed by atoms with E-state index in [1.54, 1.807) is 6.20 Å². The first-order valence-electron chi connectivity index (χ1n) is 7.13. The van der Waals surface area contributed by atoms with Crippen LogP contribution < -0.4 is 10.6 Å². The predicted molar refractivity (Wildman–Crippen MR) is 85.1 cm³/mol. The van der Waals surface area contributed by atoms with Crippen molar-refractivity contribution in [1.82, 2.24) is 10.3 Å². The molecule has 2 N–H and O–H groups in total. The number of carbonyl (C=O) groups excluding carboxylic acids is 1. The largest absolute Gasteiger partial charge is 0.385 e. The summed E-state index contributed by atoms with van der Waals surface area (Å²) in [5, 5.41) is 6.13. The highest BCUT2D eigenvalue weighted by Gasteiger charge is 2.02. The lowest BCUT2D eigenvalue weighted by Crippen LogP contribution is -2.25. The lowest BCUT2D eigenvalue weighted by atomic mass is 10.1. The van der Waals surface area contributed by atoms with Crippen LogP contribution in [0.2, 0.25) is 0 Å². The summed E-state index contributed by atoms with van der Waals surface area (Å²) >= 11 is 0. The van der Waals surface area contributed by atoms with Gasteiger partial charge in [0.05, 0.1) is 12.2 Å². The molecule has 2 rings (SSSR count). The molecule has 0 saturated carbocycles. The van der Waals surface area contributed by atoms with E-state index >= 15 is 0 Å². The highest BCUT2D eigenvalue weighted by molar-refractivity contribution is 5.76. The van der Waals surface area contributed by atoms with Gasteiger partial charge in [-0.25, -0.2) is 0 Å². The van der Waals surface area contributed by atoms with Crippen LogP contribution in [-0.4, -0.2) is 17.4 Å². The number of amides is 1. The van der Waals surface area contributed by atoms with E-state index in [0.29, 0.717) is 19.5 Å². The molecule has 0 aliphatic rings. The van der Waals surface area contributed by atoms with Crippen LogP contribution in [0.3, 0.4) is 0 Å². The zero-order valence-electron chi connectivity index (χ0n) is 12.5. The minimum atomic E-state index is 0.0250. The van der Waals surface area contributed by atoms with Crippen molar-refractivity contribution in [2.75, 3.05) is 11.9 Å². The Bertz CT molecular complexity index is 596. The maximum absolute atomic E-state index is 11.7. The van der Waals surface area contributed by atoms with Gasteiger partial charge in [-0.05, 0) is 49.2 Å². The fourth-order valence-corrected chi connectivity index (χ4v) is 1.95. The molecule has 2 aromatic rings. The van der Waals surface area contributed by atoms with Crippen molar-refractivity contribution < 1.29 is 4.79 Å². The van der Waals surface area contributed by atoms with Crippen LogP contribution in [0.4, 0.5) is 5.69 Å². The molecule has 1 aromatic carbocycles. The van der Waals surface area contributed by atoms with Crippen LogP contribution >= 0.6 is 0 Å². The number of hydrogen-bond acceptors (Lipinski definition) is 3. The molecule has 0 aliphatic heterocycles. The van der Waals surface area contributed by atoms with Crippen LogP contribution in [-0.2, 0) is 11.3 Å². The van der Waals surface area contributed by atoms with Crippen molar-refractivity contribution in [2.45, 2.75) is 26.8 Å². The van der Waals surface area contributed by atoms with E-state index in [1.807, 2.05) is 24.3 Å². The molecule has 1 heterocycles. The quantitative estimate of drug-likeness (QED) is 0.857. The van der Waals surface area contributed by atoms with E-state index in [1.165, 1.54) is 11.1 Å². The van der Waals surface area contributed by atoms with Gasteiger partial charge < -0.3 is 10.6 Å². The van der Waals surface area contributed by atoms with Gasteiger partial charge in [0.15, 0.2) is 0 Å². The Morgan fingerprint density at radius 3 is 2.71 bits per heavy atom. The Kier molecular flexibility index (Phi) is 5.32. The molecule has 1 amide bonds. The van der Waals surface area contributed by atoms with E-state index in [4.69, 9.17) is 0 Å². The molecule has 110 valence electrons. The van der Waals surface area contributed by atoms with Crippen LogP contribution in [0.5, 0.6) is 0 Å². The maximum Gasteiger partial charge on any atom is 0.222 e. The lowest BCUT2D eigenvalue weighted by Gasteiger charge is -2.09. The lowest BCUT2D eigenvalue weighted by molar-refractivity contribution is -0.121. The number of pyridine rings is 1. The summed E-state index contributed by atoms with van der Waals surface area (Å²) in [7, 11) is 0. The Morgan fingerprint density at radius 2 is 2.00 bits per heavy atom. The van der Waals surface area contributed by atoms with Crippen molar-refractivity contribution in [3.05, 3.63) is 59.4 Å². The Morgan fingerprint density at radius 1 is 1.14 bits per heavy atom. The Hall–Kier alpha value is -2.36. The summed E-state index contributed by atoms with van der Waals surface area (Å²) in [6.45, 7) is 5.27. The third-order valence-electron chi connectivity index (χ3n) is 3.38. The zero-order valence-corrected chi connectivity index (χ0v) is 12.5. The average Bonchev–Trinajstić information content (AvgIpc) is 2.50. The third-order valence-corrected chi connectivity index (χ3v) is 3.38. The minimum absolute atomic E-state index is 0.0250. The van der Waals surface area contributed by atoms with Gasteiger partial charge in [0.25, 0.3) is 0 Å². The average molecular weight is 283 g/mol. The number of anilines is 1. The second kappa shape index (κ2) is 7.43. The van der Waals surface area contributed by atoms with Crippen molar-refractivity contribution in [3.63, 3.8) is 0 Å². The molecule has 21 heavy (non-hydrogen) atoms. The molecule has 0 fully saturated rings. The van der Waals surface area contributed by atoms with E-state index < -0.39 is 0 Å². The molecule has 0 saturated heterocycles. The van der Waals surface area contributed by atoms with Gasteiger partial charge in [0.1, 0.15) is 0 Å². The van der Waals surface area contributed by atoms with Crippen LogP contribution in [0.25, 0.3) is 0 Å². The van der Waals surface area contributed by atoms with E-state index in [2.05, 4.69) is 41.6 Å². The summed E-state index contributed by atoms with van der Waals surface area (Å²) < 4.78 is 0. The molecule has 0 aliphatic carbocycles. The smallest absolute Gasteiger partial charge is 0.222 e. The van der Waals surface area contributed by atoms with E-state index in [0.717, 1.165) is 11.4 Å². The first-order chi connectivity index (χ1) is 10.1. The topological polar surface area (TPSA) is 54.0 Å². The molecule has 0 radical (unpaired) electrons. The molecule has 4 nitrogen and oxygen atoms in total. The number of aryl methyl sites for hydroxylation is 2. The molecule has 4 heteroatoms. The summed E-state index contributed by atoms with van der Waals surface area (Å²) in [4.78, 5) is 15.9. The highest BCUT2D eigenvalue weighted by Crippen LogP contribution is 2.13. The summed E-state index contributed by atoms with van der Waals surface area (Å²) in [6.07, 6.45) is 2.17. The second-order valence-electron chi connectivity index (χ2n) is 5.07. The summed E-state index contributed by atoms with van der Waals surface area (Å²) in [5.74, 6) is 0.0250. The van der Waals surface area contributed by atoms with Crippen molar-refractivity contribution in [2.24, 2.45) is 0 Å². The first-order valence-corrected chi connectivity index (χ1v) is 7.13. The monoisotopic (exact) mass is 283 g/mol. The van der Waals surface area contributed by atoms with E-state index in [-0.39, 0.29) is 5.91 Å². The molecule has 0 atom stereocenters. The molecule has 0 spiro atoms. The van der Waals surface area contributed by atoms with Crippen LogP contribution in [0.15, 0.2) is 42.6 Å². The Labute approximate surface area is 125 Å². The summed E-state index contributed by atoms with van der Waals surface area (Å²) in [6, 6.07) is 11.9. The molecule has 1 aromatic heterocycles. The van der Waals surface area contributed by atoms with Gasteiger partial charge in [0.2, 0.25) is 5.91 Å². The minimum Gasteiger partial charge on any atom is -0.385 e. The maximum atomic E-state index is 11.7. The number of nitrogens with zero attached hydrogens (tertiary/aromatic N) is 1. The van der Waals surface area contributed by atoms with Gasteiger partial charge in [-0.2, -0.15) is 0 Å². The van der Waals surface area contributed by atoms with Crippen molar-refractivity contribution in [3.8, 4) is 0 Å². The molecule has 0 unspecified atom stereocenters. The summed E-state index contributed by atoms with van der Waals surface area (Å²) in [5.41, 5.74) is 4.44. The SMILES string of the molecule is Cc1ccc(NCCC(=O)NCc2ccccn2)cc1C. The fraction of sp³-hybridized carbons (Fsp3) is 0.294. The molecule has 0 bridgehead atoms. The van der Waals surface area contributed by atoms with Gasteiger partial charge in [-0.3, -0.25) is 9.78 Å². The number of nitrogens with one attached hydrogen (secondary N) is 2. The van der Waals surface area contributed by atoms with Crippen LogP contribution in [0.1, 0.15) is 23.2 Å². The van der Waals surface area contributed by atoms with Gasteiger partial charge in [0, 0.05) is 24.8 Å². The highest BCUT2D eigenvalue weighted by atomic mass is 16.1.